The minimum Gasteiger partial charge on any atom is -0.308 e. The summed E-state index contributed by atoms with van der Waals surface area (Å²) in [5.41, 5.74) is 0. The van der Waals surface area contributed by atoms with Gasteiger partial charge in [0.2, 0.25) is 0 Å². The van der Waals surface area contributed by atoms with Gasteiger partial charge >= 0.3 is 0 Å². The number of alkyl halides is 1. The Balaban J connectivity index is 2.54. The van der Waals surface area contributed by atoms with Crippen LogP contribution in [0.15, 0.2) is 0 Å². The molecule has 0 bridgehead atoms. The molecule has 32 valence electrons. The monoisotopic (exact) mass is 109 g/mol. The lowest BCUT2D eigenvalue weighted by atomic mass is 11.2. The van der Waals surface area contributed by atoms with E-state index in [0.29, 0.717) is 0 Å². The first kappa shape index (κ1) is 5.47. The van der Waals surface area contributed by atoms with Gasteiger partial charge in [-0.3, -0.25) is 0 Å². The van der Waals surface area contributed by atoms with Gasteiger partial charge in [-0.25, -0.2) is 0 Å². The van der Waals surface area contributed by atoms with Crippen LogP contribution in [0.25, 0.3) is 0 Å². The molecule has 1 nitrogen and oxygen atoms in total. The van der Waals surface area contributed by atoms with Gasteiger partial charge in [0.15, 0.2) is 0 Å². The molecule has 0 aliphatic rings. The Bertz CT molecular complexity index is 23.6. The smallest absolute Gasteiger partial charge is 0.0618 e. The molecule has 0 aromatic rings. The molecule has 5 heavy (non-hydrogen) atoms. The molecule has 1 unspecified atom stereocenters. The number of hydrogen-bond donors (Lipinski definition) is 1. The fourth-order valence-corrected chi connectivity index (χ4v) is 0. The Morgan fingerprint density at radius 2 is 2.20 bits per heavy atom. The molecule has 0 saturated heterocycles. The SMILES string of the molecule is CNC([SiH3])Cl. The van der Waals surface area contributed by atoms with Gasteiger partial charge in [-0.05, 0) is 7.05 Å². The van der Waals surface area contributed by atoms with E-state index >= 15 is 0 Å². The molecular formula is C2H8ClNSi. The highest BCUT2D eigenvalue weighted by Gasteiger charge is 1.80. The van der Waals surface area contributed by atoms with Crippen LogP contribution in [-0.2, 0) is 0 Å². The van der Waals surface area contributed by atoms with E-state index in [0.717, 1.165) is 10.2 Å². The van der Waals surface area contributed by atoms with Crippen molar-refractivity contribution in [2.75, 3.05) is 7.05 Å². The molecule has 0 saturated carbocycles. The highest BCUT2D eigenvalue weighted by Crippen LogP contribution is 1.74. The molecule has 0 rings (SSSR count). The molecule has 1 atom stereocenters. The van der Waals surface area contributed by atoms with E-state index in [1.807, 2.05) is 7.05 Å². The maximum Gasteiger partial charge on any atom is 0.0618 e. The zero-order valence-corrected chi connectivity index (χ0v) is 6.21. The lowest BCUT2D eigenvalue weighted by molar-refractivity contribution is 0.917. The zero-order valence-electron chi connectivity index (χ0n) is 3.46. The van der Waals surface area contributed by atoms with Gasteiger partial charge in [0, 0.05) is 10.2 Å². The van der Waals surface area contributed by atoms with E-state index in [1.54, 1.807) is 0 Å². The largest absolute Gasteiger partial charge is 0.308 e. The summed E-state index contributed by atoms with van der Waals surface area (Å²) in [5, 5.41) is 3.10. The number of halogens is 1. The fraction of sp³-hybridized carbons (Fsp3) is 1.00. The maximum atomic E-state index is 5.41. The second kappa shape index (κ2) is 2.69. The zero-order chi connectivity index (χ0) is 4.28. The first-order chi connectivity index (χ1) is 2.27. The summed E-state index contributed by atoms with van der Waals surface area (Å²) in [5.74, 6) is 0. The third-order valence-electron chi connectivity index (χ3n) is 0.398. The van der Waals surface area contributed by atoms with Crippen LogP contribution < -0.4 is 5.32 Å². The first-order valence-corrected chi connectivity index (χ1v) is 3.18. The van der Waals surface area contributed by atoms with Gasteiger partial charge in [-0.15, -0.1) is 11.6 Å². The Morgan fingerprint density at radius 3 is 2.20 bits per heavy atom. The number of hydrogen-bond acceptors (Lipinski definition) is 1. The molecule has 0 aliphatic carbocycles. The van der Waals surface area contributed by atoms with Crippen molar-refractivity contribution in [1.82, 2.24) is 5.32 Å². The Hall–Kier alpha value is 0.467. The van der Waals surface area contributed by atoms with Gasteiger partial charge in [0.25, 0.3) is 0 Å². The second-order valence-electron chi connectivity index (χ2n) is 0.905. The van der Waals surface area contributed by atoms with Crippen LogP contribution in [0, 0.1) is 0 Å². The Morgan fingerprint density at radius 1 is 2.00 bits per heavy atom. The predicted octanol–water partition coefficient (Wildman–Crippen LogP) is -0.906. The molecule has 0 spiro atoms. The van der Waals surface area contributed by atoms with Crippen molar-refractivity contribution < 1.29 is 0 Å². The summed E-state index contributed by atoms with van der Waals surface area (Å²) in [4.78, 5) is 0. The van der Waals surface area contributed by atoms with Gasteiger partial charge < -0.3 is 5.32 Å². The minimum absolute atomic E-state index is 0.245. The molecule has 0 aromatic carbocycles. The fourth-order valence-electron chi connectivity index (χ4n) is 0. The van der Waals surface area contributed by atoms with Crippen LogP contribution in [0.2, 0.25) is 0 Å². The summed E-state index contributed by atoms with van der Waals surface area (Å²) >= 11 is 5.41. The summed E-state index contributed by atoms with van der Waals surface area (Å²) in [6, 6.07) is 0. The topological polar surface area (TPSA) is 12.0 Å². The highest BCUT2D eigenvalue weighted by molar-refractivity contribution is 6.40. The Kier molecular flexibility index (Phi) is 2.94. The van der Waals surface area contributed by atoms with E-state index in [-0.39, 0.29) is 5.12 Å². The second-order valence-corrected chi connectivity index (χ2v) is 3.45. The summed E-state index contributed by atoms with van der Waals surface area (Å²) < 4.78 is 0. The summed E-state index contributed by atoms with van der Waals surface area (Å²) in [7, 11) is 2.88. The van der Waals surface area contributed by atoms with Gasteiger partial charge in [-0.1, -0.05) is 0 Å². The molecule has 0 aromatic heterocycles. The van der Waals surface area contributed by atoms with Crippen molar-refractivity contribution in [3.8, 4) is 0 Å². The van der Waals surface area contributed by atoms with Gasteiger partial charge in [0.05, 0.1) is 5.12 Å². The average Bonchev–Trinajstić information content (AvgIpc) is 1.38. The molecule has 0 fully saturated rings. The maximum absolute atomic E-state index is 5.41. The molecule has 0 amide bonds. The predicted molar refractivity (Wildman–Crippen MR) is 28.6 cm³/mol. The molecule has 1 N–H and O–H groups in total. The normalized spacial score (nSPS) is 15.6. The quantitative estimate of drug-likeness (QED) is 0.261. The molecule has 0 radical (unpaired) electrons. The first-order valence-electron chi connectivity index (χ1n) is 1.58. The third kappa shape index (κ3) is 4.47. The van der Waals surface area contributed by atoms with E-state index in [9.17, 15) is 0 Å². The minimum atomic E-state index is 0.245. The van der Waals surface area contributed by atoms with Crippen LogP contribution in [0.1, 0.15) is 0 Å². The van der Waals surface area contributed by atoms with Gasteiger partial charge in [0.1, 0.15) is 0 Å². The average molecular weight is 110 g/mol. The van der Waals surface area contributed by atoms with Crippen LogP contribution in [0.3, 0.4) is 0 Å². The summed E-state index contributed by atoms with van der Waals surface area (Å²) in [6.07, 6.45) is 0. The highest BCUT2D eigenvalue weighted by atomic mass is 35.5. The molecule has 3 heteroatoms. The van der Waals surface area contributed by atoms with Crippen molar-refractivity contribution in [3.05, 3.63) is 0 Å². The van der Waals surface area contributed by atoms with Crippen molar-refractivity contribution in [1.29, 1.82) is 0 Å². The number of rotatable bonds is 1. The van der Waals surface area contributed by atoms with E-state index in [2.05, 4.69) is 5.32 Å². The lowest BCUT2D eigenvalue weighted by Gasteiger charge is -1.92. The van der Waals surface area contributed by atoms with Gasteiger partial charge in [-0.2, -0.15) is 0 Å². The molecule has 0 aliphatic heterocycles. The van der Waals surface area contributed by atoms with Crippen molar-refractivity contribution in [2.24, 2.45) is 0 Å². The van der Waals surface area contributed by atoms with Crippen LogP contribution in [0.5, 0.6) is 0 Å². The third-order valence-corrected chi connectivity index (χ3v) is 1.19. The van der Waals surface area contributed by atoms with Crippen LogP contribution in [0.4, 0.5) is 0 Å². The van der Waals surface area contributed by atoms with E-state index in [4.69, 9.17) is 11.6 Å². The lowest BCUT2D eigenvalue weighted by Crippen LogP contribution is -2.17. The van der Waals surface area contributed by atoms with Crippen LogP contribution in [-0.4, -0.2) is 22.4 Å². The standard InChI is InChI=1S/C2H8ClNSi/c1-4-2(3)5/h2,4H,1,5H3. The number of nitrogens with one attached hydrogen (secondary N) is 1. The van der Waals surface area contributed by atoms with Crippen molar-refractivity contribution >= 4 is 21.8 Å². The molecular weight excluding hydrogens is 102 g/mol. The van der Waals surface area contributed by atoms with Crippen molar-refractivity contribution in [3.63, 3.8) is 0 Å². The van der Waals surface area contributed by atoms with E-state index < -0.39 is 0 Å². The summed E-state index contributed by atoms with van der Waals surface area (Å²) in [6.45, 7) is 0. The Labute approximate surface area is 40.1 Å². The molecule has 0 heterocycles. The van der Waals surface area contributed by atoms with E-state index in [1.165, 1.54) is 0 Å². The van der Waals surface area contributed by atoms with Crippen molar-refractivity contribution in [2.45, 2.75) is 5.12 Å². The van der Waals surface area contributed by atoms with Crippen LogP contribution >= 0.6 is 11.6 Å².